The third-order valence-electron chi connectivity index (χ3n) is 5.82. The van der Waals surface area contributed by atoms with Gasteiger partial charge in [-0.25, -0.2) is 9.18 Å². The van der Waals surface area contributed by atoms with E-state index in [0.717, 1.165) is 24.9 Å². The Labute approximate surface area is 191 Å². The van der Waals surface area contributed by atoms with Crippen LogP contribution < -0.4 is 20.9 Å². The van der Waals surface area contributed by atoms with Gasteiger partial charge >= 0.3 is 6.09 Å². The van der Waals surface area contributed by atoms with Gasteiger partial charge in [0.2, 0.25) is 11.8 Å². The molecule has 2 aromatic rings. The molecule has 0 bridgehead atoms. The molecule has 174 valence electrons. The van der Waals surface area contributed by atoms with Crippen molar-refractivity contribution in [2.45, 2.75) is 38.5 Å². The Morgan fingerprint density at radius 3 is 2.70 bits per heavy atom. The summed E-state index contributed by atoms with van der Waals surface area (Å²) in [5.41, 5.74) is 2.54. The molecule has 2 aliphatic heterocycles. The molecule has 2 aromatic carbocycles. The summed E-state index contributed by atoms with van der Waals surface area (Å²) in [6.07, 6.45) is 0.730. The van der Waals surface area contributed by atoms with Gasteiger partial charge in [-0.1, -0.05) is 24.3 Å². The molecule has 33 heavy (non-hydrogen) atoms. The van der Waals surface area contributed by atoms with Crippen molar-refractivity contribution in [1.29, 1.82) is 0 Å². The topological polar surface area (TPSA) is 99.8 Å². The number of rotatable bonds is 7. The van der Waals surface area contributed by atoms with Crippen molar-refractivity contribution in [2.75, 3.05) is 24.5 Å². The Balaban J connectivity index is 1.39. The van der Waals surface area contributed by atoms with Gasteiger partial charge < -0.3 is 20.7 Å². The highest BCUT2D eigenvalue weighted by molar-refractivity contribution is 5.90. The predicted molar refractivity (Wildman–Crippen MR) is 121 cm³/mol. The number of halogens is 1. The fraction of sp³-hybridized carbons (Fsp3) is 0.375. The average molecular weight is 455 g/mol. The minimum absolute atomic E-state index is 0.0309. The van der Waals surface area contributed by atoms with Crippen LogP contribution in [-0.4, -0.2) is 49.7 Å². The highest BCUT2D eigenvalue weighted by Crippen LogP contribution is 2.29. The van der Waals surface area contributed by atoms with Crippen LogP contribution in [0.3, 0.4) is 0 Å². The summed E-state index contributed by atoms with van der Waals surface area (Å²) in [6.45, 7) is 3.12. The lowest BCUT2D eigenvalue weighted by Gasteiger charge is -2.22. The molecule has 8 nitrogen and oxygen atoms in total. The second kappa shape index (κ2) is 9.99. The molecule has 0 spiro atoms. The molecule has 2 atom stereocenters. The quantitative estimate of drug-likeness (QED) is 0.596. The number of cyclic esters (lactones) is 1. The molecule has 1 unspecified atom stereocenters. The van der Waals surface area contributed by atoms with E-state index in [0.29, 0.717) is 23.4 Å². The normalized spacial score (nSPS) is 20.4. The summed E-state index contributed by atoms with van der Waals surface area (Å²) >= 11 is 0. The van der Waals surface area contributed by atoms with Gasteiger partial charge in [-0.2, -0.15) is 0 Å². The standard InChI is InChI=1S/C24H27FN4O4/c1-15(30)27-13-19-14-29(24(32)33-19)18-8-9-20(21(25)11-18)17-6-4-16(5-7-17)12-28-22-3-2-10-26-23(22)31/h4-9,11,19,22,28H,2-3,10,12-14H2,1H3,(H,26,31)(H,27,30)/t19-,22?/m0/s1. The molecule has 0 aromatic heterocycles. The summed E-state index contributed by atoms with van der Waals surface area (Å²) in [6, 6.07) is 11.9. The van der Waals surface area contributed by atoms with Gasteiger partial charge in [0.15, 0.2) is 0 Å². The molecule has 3 amide bonds. The lowest BCUT2D eigenvalue weighted by molar-refractivity contribution is -0.124. The predicted octanol–water partition coefficient (Wildman–Crippen LogP) is 2.32. The second-order valence-corrected chi connectivity index (χ2v) is 8.28. The van der Waals surface area contributed by atoms with Crippen LogP contribution in [0.15, 0.2) is 42.5 Å². The zero-order valence-electron chi connectivity index (χ0n) is 18.4. The number of nitrogens with one attached hydrogen (secondary N) is 3. The Kier molecular flexibility index (Phi) is 6.88. The summed E-state index contributed by atoms with van der Waals surface area (Å²) in [5.74, 6) is -0.625. The Hall–Kier alpha value is -3.46. The third kappa shape index (κ3) is 5.48. The zero-order chi connectivity index (χ0) is 23.4. The number of nitrogens with zero attached hydrogens (tertiary/aromatic N) is 1. The number of ether oxygens (including phenoxy) is 1. The molecule has 0 saturated carbocycles. The van der Waals surface area contributed by atoms with E-state index in [4.69, 9.17) is 4.74 Å². The molecule has 0 aliphatic carbocycles. The van der Waals surface area contributed by atoms with E-state index >= 15 is 0 Å². The second-order valence-electron chi connectivity index (χ2n) is 8.28. The summed E-state index contributed by atoms with van der Waals surface area (Å²) in [5, 5.41) is 8.73. The summed E-state index contributed by atoms with van der Waals surface area (Å²) in [7, 11) is 0. The molecule has 2 fully saturated rings. The van der Waals surface area contributed by atoms with Crippen molar-refractivity contribution < 1.29 is 23.5 Å². The van der Waals surface area contributed by atoms with Crippen LogP contribution in [0.2, 0.25) is 0 Å². The molecule has 2 saturated heterocycles. The van der Waals surface area contributed by atoms with E-state index in [9.17, 15) is 18.8 Å². The highest BCUT2D eigenvalue weighted by Gasteiger charge is 2.32. The number of carbonyl (C=O) groups is 3. The van der Waals surface area contributed by atoms with E-state index in [1.807, 2.05) is 24.3 Å². The maximum atomic E-state index is 14.9. The first kappa shape index (κ1) is 22.7. The minimum Gasteiger partial charge on any atom is -0.442 e. The minimum atomic E-state index is -0.569. The van der Waals surface area contributed by atoms with Crippen LogP contribution in [0.1, 0.15) is 25.3 Å². The third-order valence-corrected chi connectivity index (χ3v) is 5.82. The highest BCUT2D eigenvalue weighted by atomic mass is 19.1. The fourth-order valence-corrected chi connectivity index (χ4v) is 4.01. The van der Waals surface area contributed by atoms with Crippen molar-refractivity contribution in [1.82, 2.24) is 16.0 Å². The van der Waals surface area contributed by atoms with Gasteiger partial charge in [0.05, 0.1) is 24.8 Å². The average Bonchev–Trinajstić information content (AvgIpc) is 3.18. The van der Waals surface area contributed by atoms with Gasteiger partial charge in [-0.15, -0.1) is 0 Å². The van der Waals surface area contributed by atoms with Crippen molar-refractivity contribution in [2.24, 2.45) is 0 Å². The summed E-state index contributed by atoms with van der Waals surface area (Å²) < 4.78 is 20.1. The van der Waals surface area contributed by atoms with Crippen molar-refractivity contribution in [3.63, 3.8) is 0 Å². The molecule has 9 heteroatoms. The van der Waals surface area contributed by atoms with Crippen LogP contribution in [0.25, 0.3) is 11.1 Å². The molecule has 2 heterocycles. The monoisotopic (exact) mass is 454 g/mol. The maximum Gasteiger partial charge on any atom is 0.414 e. The molecule has 3 N–H and O–H groups in total. The SMILES string of the molecule is CC(=O)NC[C@H]1CN(c2ccc(-c3ccc(CNC4CCCNC4=O)cc3)c(F)c2)C(=O)O1. The number of anilines is 1. The number of piperidine rings is 1. The molecular formula is C24H27FN4O4. The Bertz CT molecular complexity index is 1040. The summed E-state index contributed by atoms with van der Waals surface area (Å²) in [4.78, 5) is 36.4. The van der Waals surface area contributed by atoms with E-state index < -0.39 is 18.0 Å². The van der Waals surface area contributed by atoms with E-state index in [1.54, 1.807) is 12.1 Å². The van der Waals surface area contributed by atoms with Crippen LogP contribution in [0.5, 0.6) is 0 Å². The van der Waals surface area contributed by atoms with Crippen LogP contribution >= 0.6 is 0 Å². The fourth-order valence-electron chi connectivity index (χ4n) is 4.01. The van der Waals surface area contributed by atoms with E-state index in [1.165, 1.54) is 17.9 Å². The molecule has 4 rings (SSSR count). The largest absolute Gasteiger partial charge is 0.442 e. The Morgan fingerprint density at radius 2 is 2.00 bits per heavy atom. The van der Waals surface area contributed by atoms with E-state index in [2.05, 4.69) is 16.0 Å². The van der Waals surface area contributed by atoms with Crippen molar-refractivity contribution in [3.8, 4) is 11.1 Å². The molecule has 2 aliphatic rings. The zero-order valence-corrected chi connectivity index (χ0v) is 18.4. The van der Waals surface area contributed by atoms with Gasteiger partial charge in [-0.05, 0) is 42.2 Å². The van der Waals surface area contributed by atoms with Crippen LogP contribution in [0.4, 0.5) is 14.9 Å². The Morgan fingerprint density at radius 1 is 1.21 bits per heavy atom. The number of benzene rings is 2. The first-order chi connectivity index (χ1) is 15.9. The van der Waals surface area contributed by atoms with E-state index in [-0.39, 0.29) is 30.9 Å². The van der Waals surface area contributed by atoms with Crippen LogP contribution in [0, 0.1) is 5.82 Å². The van der Waals surface area contributed by atoms with Gasteiger partial charge in [0.25, 0.3) is 0 Å². The number of hydrogen-bond donors (Lipinski definition) is 3. The number of carbonyl (C=O) groups excluding carboxylic acids is 3. The first-order valence-corrected chi connectivity index (χ1v) is 11.0. The lowest BCUT2D eigenvalue weighted by Crippen LogP contribution is -2.47. The molecular weight excluding hydrogens is 427 g/mol. The maximum absolute atomic E-state index is 14.9. The first-order valence-electron chi connectivity index (χ1n) is 11.0. The lowest BCUT2D eigenvalue weighted by atomic mass is 10.0. The number of amides is 3. The molecule has 0 radical (unpaired) electrons. The van der Waals surface area contributed by atoms with Crippen molar-refractivity contribution >= 4 is 23.6 Å². The van der Waals surface area contributed by atoms with Crippen LogP contribution in [-0.2, 0) is 20.9 Å². The van der Waals surface area contributed by atoms with Gasteiger partial charge in [-0.3, -0.25) is 14.5 Å². The smallest absolute Gasteiger partial charge is 0.414 e. The number of hydrogen-bond acceptors (Lipinski definition) is 5. The van der Waals surface area contributed by atoms with Gasteiger partial charge in [0, 0.05) is 25.6 Å². The van der Waals surface area contributed by atoms with Gasteiger partial charge in [0.1, 0.15) is 11.9 Å². The van der Waals surface area contributed by atoms with Crippen molar-refractivity contribution in [3.05, 3.63) is 53.8 Å².